The molecule has 0 saturated carbocycles. The number of carbonyl (C=O) groups is 2. The van der Waals surface area contributed by atoms with Gasteiger partial charge in [-0.3, -0.25) is 13.3 Å². The van der Waals surface area contributed by atoms with Crippen LogP contribution in [0.3, 0.4) is 0 Å². The molecule has 1 aliphatic rings. The van der Waals surface area contributed by atoms with Crippen molar-refractivity contribution in [2.45, 2.75) is 23.7 Å². The molecule has 2 aromatic rings. The minimum absolute atomic E-state index is 0.0152. The third-order valence-electron chi connectivity index (χ3n) is 4.30. The maximum Gasteiger partial charge on any atom is 0.445 e. The van der Waals surface area contributed by atoms with Crippen LogP contribution in [0, 0.1) is 0 Å². The molecular weight excluding hydrogens is 416 g/mol. The molecule has 0 fully saturated rings. The van der Waals surface area contributed by atoms with Gasteiger partial charge < -0.3 is 10.1 Å². The topological polar surface area (TPSA) is 110 Å². The van der Waals surface area contributed by atoms with Gasteiger partial charge in [0.2, 0.25) is 5.91 Å². The molecule has 1 unspecified atom stereocenters. The van der Waals surface area contributed by atoms with Crippen LogP contribution in [0.2, 0.25) is 0 Å². The van der Waals surface area contributed by atoms with Crippen molar-refractivity contribution in [3.63, 3.8) is 0 Å². The number of amides is 1. The Kier molecular flexibility index (Phi) is 6.33. The molecule has 0 bridgehead atoms. The van der Waals surface area contributed by atoms with Gasteiger partial charge in [0.05, 0.1) is 33.2 Å². The summed E-state index contributed by atoms with van der Waals surface area (Å²) in [6.07, 6.45) is 0. The SMILES string of the molecule is CC(=O)NC[C@H]1CN(S(=O)(=O)C(=O)OCc2ccccc2)c2ccccc2S1=O. The molecule has 0 saturated heterocycles. The first-order chi connectivity index (χ1) is 13.8. The first-order valence-electron chi connectivity index (χ1n) is 8.78. The van der Waals surface area contributed by atoms with E-state index in [1.54, 1.807) is 48.5 Å². The Bertz CT molecular complexity index is 1040. The summed E-state index contributed by atoms with van der Waals surface area (Å²) >= 11 is 0. The summed E-state index contributed by atoms with van der Waals surface area (Å²) in [5.41, 5.74) is 0.821. The van der Waals surface area contributed by atoms with Crippen molar-refractivity contribution in [1.29, 1.82) is 0 Å². The quantitative estimate of drug-likeness (QED) is 0.716. The van der Waals surface area contributed by atoms with Crippen molar-refractivity contribution in [2.75, 3.05) is 17.4 Å². The first kappa shape index (κ1) is 21.0. The van der Waals surface area contributed by atoms with Crippen LogP contribution in [0.5, 0.6) is 0 Å². The van der Waals surface area contributed by atoms with Gasteiger partial charge >= 0.3 is 15.3 Å². The summed E-state index contributed by atoms with van der Waals surface area (Å²) in [7, 11) is -6.06. The molecule has 2 aromatic carbocycles. The van der Waals surface area contributed by atoms with Gasteiger partial charge in [-0.15, -0.1) is 0 Å². The number of nitrogens with one attached hydrogen (secondary N) is 1. The fourth-order valence-electron chi connectivity index (χ4n) is 2.87. The highest BCUT2D eigenvalue weighted by Gasteiger charge is 2.41. The lowest BCUT2D eigenvalue weighted by Crippen LogP contribution is -2.49. The monoisotopic (exact) mass is 436 g/mol. The summed E-state index contributed by atoms with van der Waals surface area (Å²) in [5.74, 6) is -0.322. The van der Waals surface area contributed by atoms with Crippen LogP contribution in [-0.2, 0) is 37.0 Å². The molecule has 3 rings (SSSR count). The number of sulfonamides is 1. The van der Waals surface area contributed by atoms with E-state index in [2.05, 4.69) is 5.32 Å². The maximum atomic E-state index is 12.9. The third kappa shape index (κ3) is 4.65. The average molecular weight is 437 g/mol. The number of para-hydroxylation sites is 1. The van der Waals surface area contributed by atoms with Crippen LogP contribution in [0.25, 0.3) is 0 Å². The Morgan fingerprint density at radius 1 is 1.14 bits per heavy atom. The molecule has 0 spiro atoms. The predicted octanol–water partition coefficient (Wildman–Crippen LogP) is 1.79. The van der Waals surface area contributed by atoms with Gasteiger partial charge in [-0.1, -0.05) is 42.5 Å². The lowest BCUT2D eigenvalue weighted by molar-refractivity contribution is -0.118. The van der Waals surface area contributed by atoms with Gasteiger partial charge in [-0.25, -0.2) is 4.79 Å². The Hall–Kier alpha value is -2.72. The van der Waals surface area contributed by atoms with E-state index in [4.69, 9.17) is 4.74 Å². The summed E-state index contributed by atoms with van der Waals surface area (Å²) in [6, 6.07) is 15.0. The number of hydrogen-bond donors (Lipinski definition) is 1. The molecule has 154 valence electrons. The van der Waals surface area contributed by atoms with Crippen LogP contribution in [0.15, 0.2) is 59.5 Å². The van der Waals surface area contributed by atoms with E-state index in [-0.39, 0.29) is 36.2 Å². The zero-order valence-corrected chi connectivity index (χ0v) is 17.2. The zero-order chi connectivity index (χ0) is 21.0. The Labute approximate surface area is 171 Å². The highest BCUT2D eigenvalue weighted by molar-refractivity contribution is 8.07. The molecule has 8 nitrogen and oxygen atoms in total. The van der Waals surface area contributed by atoms with Crippen molar-refractivity contribution in [2.24, 2.45) is 0 Å². The number of rotatable bonds is 5. The Balaban J connectivity index is 1.86. The second kappa shape index (κ2) is 8.75. The maximum absolute atomic E-state index is 12.9. The highest BCUT2D eigenvalue weighted by Crippen LogP contribution is 2.33. The molecule has 2 atom stereocenters. The number of anilines is 1. The summed E-state index contributed by atoms with van der Waals surface area (Å²) < 4.78 is 44.6. The van der Waals surface area contributed by atoms with Gasteiger partial charge in [0, 0.05) is 13.5 Å². The number of ether oxygens (including phenoxy) is 1. The second-order valence-corrected chi connectivity index (χ2v) is 9.81. The van der Waals surface area contributed by atoms with Crippen LogP contribution < -0.4 is 9.62 Å². The molecule has 0 aromatic heterocycles. The lowest BCUT2D eigenvalue weighted by atomic mass is 10.2. The van der Waals surface area contributed by atoms with Gasteiger partial charge in [-0.05, 0) is 17.7 Å². The molecule has 29 heavy (non-hydrogen) atoms. The normalized spacial score (nSPS) is 18.6. The number of hydrogen-bond acceptors (Lipinski definition) is 6. The highest BCUT2D eigenvalue weighted by atomic mass is 32.2. The fourth-order valence-corrected chi connectivity index (χ4v) is 5.68. The van der Waals surface area contributed by atoms with Crippen molar-refractivity contribution in [3.05, 3.63) is 60.2 Å². The van der Waals surface area contributed by atoms with Crippen LogP contribution in [0.1, 0.15) is 12.5 Å². The van der Waals surface area contributed by atoms with E-state index in [1.165, 1.54) is 13.0 Å². The van der Waals surface area contributed by atoms with Crippen molar-refractivity contribution in [1.82, 2.24) is 5.32 Å². The van der Waals surface area contributed by atoms with E-state index < -0.39 is 31.4 Å². The first-order valence-corrected chi connectivity index (χ1v) is 11.4. The third-order valence-corrected chi connectivity index (χ3v) is 7.47. The van der Waals surface area contributed by atoms with E-state index in [1.807, 2.05) is 0 Å². The number of carbonyl (C=O) groups excluding carboxylic acids is 2. The lowest BCUT2D eigenvalue weighted by Gasteiger charge is -2.33. The minimum Gasteiger partial charge on any atom is -0.448 e. The van der Waals surface area contributed by atoms with Gasteiger partial charge in [0.1, 0.15) is 6.61 Å². The molecule has 1 N–H and O–H groups in total. The molecule has 1 heterocycles. The number of nitrogens with zero attached hydrogens (tertiary/aromatic N) is 1. The van der Waals surface area contributed by atoms with Crippen molar-refractivity contribution >= 4 is 37.7 Å². The molecule has 1 amide bonds. The Morgan fingerprint density at radius 2 is 1.79 bits per heavy atom. The minimum atomic E-state index is -4.52. The number of fused-ring (bicyclic) bond motifs is 1. The van der Waals surface area contributed by atoms with Crippen molar-refractivity contribution < 1.29 is 27.0 Å². The summed E-state index contributed by atoms with van der Waals surface area (Å²) in [6.45, 7) is 0.929. The smallest absolute Gasteiger partial charge is 0.445 e. The fraction of sp³-hybridized carbons (Fsp3) is 0.263. The summed E-state index contributed by atoms with van der Waals surface area (Å²) in [4.78, 5) is 23.9. The van der Waals surface area contributed by atoms with Gasteiger partial charge in [0.25, 0.3) is 0 Å². The molecular formula is C19H20N2O6S2. The summed E-state index contributed by atoms with van der Waals surface area (Å²) in [5, 5.41) is 0.465. The van der Waals surface area contributed by atoms with Gasteiger partial charge in [0.15, 0.2) is 0 Å². The average Bonchev–Trinajstić information content (AvgIpc) is 2.72. The molecule has 0 radical (unpaired) electrons. The second-order valence-electron chi connectivity index (χ2n) is 6.38. The van der Waals surface area contributed by atoms with E-state index in [9.17, 15) is 22.2 Å². The largest absolute Gasteiger partial charge is 0.448 e. The zero-order valence-electron chi connectivity index (χ0n) is 15.6. The van der Waals surface area contributed by atoms with Gasteiger partial charge in [-0.2, -0.15) is 8.42 Å². The van der Waals surface area contributed by atoms with Crippen molar-refractivity contribution in [3.8, 4) is 0 Å². The number of benzene rings is 2. The predicted molar refractivity (Wildman–Crippen MR) is 108 cm³/mol. The van der Waals surface area contributed by atoms with Crippen LogP contribution in [-0.4, -0.2) is 42.2 Å². The van der Waals surface area contributed by atoms with Crippen LogP contribution in [0.4, 0.5) is 10.5 Å². The molecule has 10 heteroatoms. The van der Waals surface area contributed by atoms with E-state index in [0.717, 1.165) is 4.31 Å². The van der Waals surface area contributed by atoms with E-state index >= 15 is 0 Å². The van der Waals surface area contributed by atoms with Crippen LogP contribution >= 0.6 is 0 Å². The van der Waals surface area contributed by atoms with E-state index in [0.29, 0.717) is 5.56 Å². The Morgan fingerprint density at radius 3 is 2.48 bits per heavy atom. The standard InChI is InChI=1S/C19H20N2O6S2/c1-14(22)20-11-16-12-21(17-9-5-6-10-18(17)28(16)24)29(25,26)19(23)27-13-15-7-3-2-4-8-15/h2-10,16H,11-13H2,1H3,(H,20,22)/t16-,28?/m0/s1. The molecule has 1 aliphatic heterocycles. The molecule has 0 aliphatic carbocycles.